The van der Waals surface area contributed by atoms with Crippen molar-refractivity contribution in [1.82, 2.24) is 4.90 Å². The highest BCUT2D eigenvalue weighted by Crippen LogP contribution is 2.36. The molecular weight excluding hydrogens is 418 g/mol. The first-order chi connectivity index (χ1) is 15.6. The Morgan fingerprint density at radius 2 is 2.00 bits per heavy atom. The maximum Gasteiger partial charge on any atom is 0.288 e. The van der Waals surface area contributed by atoms with Gasteiger partial charge in [0.1, 0.15) is 5.58 Å². The number of amides is 1. The number of methoxy groups -OCH3 is 2. The molecule has 2 atom stereocenters. The molecule has 0 bridgehead atoms. The summed E-state index contributed by atoms with van der Waals surface area (Å²) < 4.78 is 33.1. The number of nitrogens with zero attached hydrogens (tertiary/aromatic N) is 1. The number of allylic oxidation sites excluding steroid dienone is 1. The molecule has 0 radical (unpaired) electrons. The number of para-hydroxylation sites is 1. The Balaban J connectivity index is 1.78. The number of aliphatic hydroxyl groups is 1. The van der Waals surface area contributed by atoms with Gasteiger partial charge in [-0.05, 0) is 12.1 Å². The number of hydrogen-bond donors (Lipinski definition) is 1. The van der Waals surface area contributed by atoms with Crippen LogP contribution in [0.1, 0.15) is 17.9 Å². The smallest absolute Gasteiger partial charge is 0.288 e. The third kappa shape index (κ3) is 6.08. The molecule has 1 N–H and O–H groups in total. The third-order valence-corrected chi connectivity index (χ3v) is 5.24. The minimum atomic E-state index is -0.635. The van der Waals surface area contributed by atoms with E-state index in [4.69, 9.17) is 33.2 Å². The predicted octanol–water partition coefficient (Wildman–Crippen LogP) is 2.25. The van der Waals surface area contributed by atoms with Crippen LogP contribution in [0.4, 0.5) is 0 Å². The van der Waals surface area contributed by atoms with Gasteiger partial charge < -0.3 is 38.1 Å². The quantitative estimate of drug-likeness (QED) is 0.389. The van der Waals surface area contributed by atoms with Crippen LogP contribution in [-0.2, 0) is 28.5 Å². The lowest BCUT2D eigenvalue weighted by atomic mass is 9.92. The van der Waals surface area contributed by atoms with Crippen LogP contribution < -0.4 is 0 Å². The Labute approximate surface area is 187 Å². The number of likely N-dealkylation sites (N-methyl/N-ethyl adjacent to an activating group) is 1. The van der Waals surface area contributed by atoms with Crippen LogP contribution in [0, 0.1) is 0 Å². The number of fused-ring (bicyclic) bond motifs is 1. The summed E-state index contributed by atoms with van der Waals surface area (Å²) in [4.78, 5) is 14.6. The van der Waals surface area contributed by atoms with Crippen LogP contribution in [-0.4, -0.2) is 82.7 Å². The van der Waals surface area contributed by atoms with Crippen LogP contribution in [0.25, 0.3) is 11.0 Å². The van der Waals surface area contributed by atoms with Crippen molar-refractivity contribution >= 4 is 16.9 Å². The summed E-state index contributed by atoms with van der Waals surface area (Å²) in [6.07, 6.45) is 2.87. The van der Waals surface area contributed by atoms with Crippen molar-refractivity contribution in [2.24, 2.45) is 0 Å². The van der Waals surface area contributed by atoms with E-state index >= 15 is 0 Å². The number of carbonyl (C=O) groups excluding carboxylic acids is 1. The van der Waals surface area contributed by atoms with Crippen LogP contribution in [0.3, 0.4) is 0 Å². The fourth-order valence-electron chi connectivity index (χ4n) is 3.56. The van der Waals surface area contributed by atoms with Crippen molar-refractivity contribution in [3.63, 3.8) is 0 Å². The summed E-state index contributed by atoms with van der Waals surface area (Å²) in [5, 5.41) is 9.81. The second-order valence-electron chi connectivity index (χ2n) is 7.40. The first kappa shape index (κ1) is 24.2. The van der Waals surface area contributed by atoms with E-state index in [9.17, 15) is 4.79 Å². The summed E-state index contributed by atoms with van der Waals surface area (Å²) in [5.41, 5.74) is 1.75. The average Bonchev–Trinajstić information content (AvgIpc) is 3.26. The van der Waals surface area contributed by atoms with Gasteiger partial charge in [0, 0.05) is 44.6 Å². The molecule has 0 spiro atoms. The molecule has 0 saturated carbocycles. The Bertz CT molecular complexity index is 891. The second kappa shape index (κ2) is 12.0. The largest absolute Gasteiger partial charge is 0.464 e. The van der Waals surface area contributed by atoms with E-state index in [2.05, 4.69) is 0 Å². The molecule has 9 heteroatoms. The first-order valence-electron chi connectivity index (χ1n) is 10.5. The molecule has 0 saturated heterocycles. The molecule has 9 nitrogen and oxygen atoms in total. The Morgan fingerprint density at radius 3 is 2.75 bits per heavy atom. The van der Waals surface area contributed by atoms with Gasteiger partial charge in [0.2, 0.25) is 6.29 Å². The summed E-state index contributed by atoms with van der Waals surface area (Å²) in [7, 11) is 4.70. The number of benzene rings is 1. The van der Waals surface area contributed by atoms with Crippen molar-refractivity contribution in [3.05, 3.63) is 47.9 Å². The number of carbonyl (C=O) groups is 1. The number of furan rings is 1. The van der Waals surface area contributed by atoms with Crippen LogP contribution in [0.2, 0.25) is 0 Å². The fourth-order valence-corrected chi connectivity index (χ4v) is 3.56. The average molecular weight is 450 g/mol. The summed E-state index contributed by atoms with van der Waals surface area (Å²) in [6.45, 7) is 1.03. The molecule has 3 rings (SSSR count). The molecule has 1 aliphatic rings. The fraction of sp³-hybridized carbons (Fsp3) is 0.522. The van der Waals surface area contributed by atoms with Gasteiger partial charge in [-0.25, -0.2) is 0 Å². The molecular formula is C23H31NO8. The predicted molar refractivity (Wildman–Crippen MR) is 116 cm³/mol. The van der Waals surface area contributed by atoms with Gasteiger partial charge in [-0.3, -0.25) is 4.79 Å². The highest BCUT2D eigenvalue weighted by atomic mass is 16.7. The van der Waals surface area contributed by atoms with E-state index < -0.39 is 12.6 Å². The Hall–Kier alpha value is -2.43. The Morgan fingerprint density at radius 1 is 1.22 bits per heavy atom. The van der Waals surface area contributed by atoms with Gasteiger partial charge in [-0.1, -0.05) is 18.2 Å². The second-order valence-corrected chi connectivity index (χ2v) is 7.40. The van der Waals surface area contributed by atoms with Gasteiger partial charge >= 0.3 is 0 Å². The van der Waals surface area contributed by atoms with E-state index in [1.807, 2.05) is 30.3 Å². The minimum absolute atomic E-state index is 0.0484. The molecule has 2 heterocycles. The first-order valence-corrected chi connectivity index (χ1v) is 10.5. The number of aliphatic hydroxyl groups excluding tert-OH is 1. The number of ether oxygens (including phenoxy) is 5. The minimum Gasteiger partial charge on any atom is -0.464 e. The lowest BCUT2D eigenvalue weighted by Gasteiger charge is -2.31. The molecule has 2 aromatic rings. The van der Waals surface area contributed by atoms with Gasteiger partial charge in [0.05, 0.1) is 39.2 Å². The number of rotatable bonds is 12. The molecule has 0 fully saturated rings. The number of hydrogen-bond acceptors (Lipinski definition) is 8. The molecule has 1 aromatic heterocycles. The lowest BCUT2D eigenvalue weighted by molar-refractivity contribution is -0.161. The molecule has 1 aromatic carbocycles. The van der Waals surface area contributed by atoms with E-state index in [0.717, 1.165) is 16.5 Å². The summed E-state index contributed by atoms with van der Waals surface area (Å²) in [5.74, 6) is -0.239. The summed E-state index contributed by atoms with van der Waals surface area (Å²) in [6, 6.07) is 7.77. The zero-order valence-electron chi connectivity index (χ0n) is 18.7. The molecule has 1 amide bonds. The van der Waals surface area contributed by atoms with Crippen LogP contribution in [0.15, 0.2) is 46.8 Å². The zero-order chi connectivity index (χ0) is 22.9. The van der Waals surface area contributed by atoms with E-state index in [-0.39, 0.29) is 43.9 Å². The van der Waals surface area contributed by atoms with Crippen molar-refractivity contribution < 1.29 is 38.0 Å². The maximum absolute atomic E-state index is 13.1. The van der Waals surface area contributed by atoms with Crippen molar-refractivity contribution in [1.29, 1.82) is 0 Å². The van der Waals surface area contributed by atoms with Gasteiger partial charge in [0.25, 0.3) is 5.91 Å². The molecule has 1 aliphatic heterocycles. The van der Waals surface area contributed by atoms with Gasteiger partial charge in [0.15, 0.2) is 12.0 Å². The normalized spacial score (nSPS) is 18.6. The topological polar surface area (TPSA) is 99.8 Å². The molecule has 2 unspecified atom stereocenters. The van der Waals surface area contributed by atoms with Gasteiger partial charge in [-0.15, -0.1) is 0 Å². The standard InChI is InChI=1S/C23H31NO8/c1-24(14-22(27-2)28-3)23(26)20-12-16(13-21(32-20)30-11-10-29-9-8-25)18-15-31-19-7-5-4-6-17(18)19/h4-7,12,15-16,21-22,25H,8-11,13-14H2,1-3H3. The SMILES string of the molecule is COC(CN(C)C(=O)C1=CC(c2coc3ccccc23)CC(OCCOCCO)O1)OC. The van der Waals surface area contributed by atoms with Crippen LogP contribution >= 0.6 is 0 Å². The van der Waals surface area contributed by atoms with Crippen molar-refractivity contribution in [3.8, 4) is 0 Å². The van der Waals surface area contributed by atoms with E-state index in [1.165, 1.54) is 19.1 Å². The Kier molecular flexibility index (Phi) is 9.07. The highest BCUT2D eigenvalue weighted by Gasteiger charge is 2.32. The molecule has 0 aliphatic carbocycles. The van der Waals surface area contributed by atoms with E-state index in [0.29, 0.717) is 13.0 Å². The zero-order valence-corrected chi connectivity index (χ0v) is 18.7. The van der Waals surface area contributed by atoms with Crippen LogP contribution in [0.5, 0.6) is 0 Å². The maximum atomic E-state index is 13.1. The molecule has 176 valence electrons. The molecule has 32 heavy (non-hydrogen) atoms. The van der Waals surface area contributed by atoms with Gasteiger partial charge in [-0.2, -0.15) is 0 Å². The monoisotopic (exact) mass is 449 g/mol. The van der Waals surface area contributed by atoms with Crippen molar-refractivity contribution in [2.45, 2.75) is 24.9 Å². The lowest BCUT2D eigenvalue weighted by Crippen LogP contribution is -2.39. The summed E-state index contributed by atoms with van der Waals surface area (Å²) >= 11 is 0. The highest BCUT2D eigenvalue weighted by molar-refractivity contribution is 5.92. The van der Waals surface area contributed by atoms with E-state index in [1.54, 1.807) is 13.3 Å². The van der Waals surface area contributed by atoms with Crippen molar-refractivity contribution in [2.75, 3.05) is 54.2 Å². The third-order valence-electron chi connectivity index (χ3n) is 5.24.